The fraction of sp³-hybridized carbons (Fsp3) is 0. The molecule has 0 aliphatic rings. The molecule has 0 saturated heterocycles. The zero-order valence-electron chi connectivity index (χ0n) is 3.20. The summed E-state index contributed by atoms with van der Waals surface area (Å²) in [5, 5.41) is 3.81. The molecule has 0 radical (unpaired) electrons. The van der Waals surface area contributed by atoms with E-state index in [4.69, 9.17) is 0 Å². The largest absolute Gasteiger partial charge is 0.295 e. The molecule has 0 aliphatic heterocycles. The number of thiocarbonyl (C=S) groups is 2. The molecular weight excluding hydrogens is 136 g/mol. The van der Waals surface area contributed by atoms with Crippen LogP contribution in [-0.2, 0) is 14.8 Å². The topological polar surface area (TPSA) is 27.7 Å². The summed E-state index contributed by atoms with van der Waals surface area (Å²) in [6.07, 6.45) is 0. The van der Waals surface area contributed by atoms with Gasteiger partial charge in [-0.05, 0) is 24.4 Å². The Kier molecular flexibility index (Phi) is 5.53. The van der Waals surface area contributed by atoms with Gasteiger partial charge < -0.3 is 0 Å². The first-order chi connectivity index (χ1) is 3.41. The lowest BCUT2D eigenvalue weighted by Gasteiger charge is -1.88. The van der Waals surface area contributed by atoms with E-state index in [1.807, 2.05) is 0 Å². The molecule has 0 aromatic heterocycles. The second-order valence-electron chi connectivity index (χ2n) is 0.453. The summed E-state index contributed by atoms with van der Waals surface area (Å²) in [5.41, 5.74) is 1.80. The van der Waals surface area contributed by atoms with Crippen molar-refractivity contribution in [1.29, 1.82) is 0 Å². The quantitative estimate of drug-likeness (QED) is 0.248. The zero-order chi connectivity index (χ0) is 5.54. The van der Waals surface area contributed by atoms with E-state index in [1.54, 1.807) is 0 Å². The Hall–Kier alpha value is -0.260. The summed E-state index contributed by atoms with van der Waals surface area (Å²) >= 11 is 8.33. The molecule has 0 aliphatic carbocycles. The zero-order valence-corrected chi connectivity index (χ0v) is 4.83. The average molecular weight is 138 g/mol. The molecule has 0 amide bonds. The summed E-state index contributed by atoms with van der Waals surface area (Å²) < 4.78 is 0. The van der Waals surface area contributed by atoms with Crippen LogP contribution in [0.15, 0.2) is 0 Å². The molecule has 0 aromatic carbocycles. The highest BCUT2D eigenvalue weighted by Crippen LogP contribution is 1.72. The Labute approximate surface area is 51.0 Å². The van der Waals surface area contributed by atoms with E-state index in [-0.39, 0.29) is 0 Å². The van der Waals surface area contributed by atoms with Crippen molar-refractivity contribution in [1.82, 2.24) is 0 Å². The minimum atomic E-state index is 0.902. The molecular formula is C2H2O3S2. The molecule has 0 spiro atoms. The van der Waals surface area contributed by atoms with Gasteiger partial charge in [0.1, 0.15) is 0 Å². The molecule has 40 valence electrons. The van der Waals surface area contributed by atoms with Crippen molar-refractivity contribution in [2.24, 2.45) is 0 Å². The maximum atomic E-state index is 4.17. The van der Waals surface area contributed by atoms with Gasteiger partial charge in [0.2, 0.25) is 0 Å². The third-order valence-electron chi connectivity index (χ3n) is 0.157. The Morgan fingerprint density at radius 3 is 1.71 bits per heavy atom. The normalized spacial score (nSPS) is 6.86. The van der Waals surface area contributed by atoms with Crippen molar-refractivity contribution in [2.45, 2.75) is 0 Å². The molecule has 0 bridgehead atoms. The average Bonchev–Trinajstić information content (AvgIpc) is 1.69. The lowest BCUT2D eigenvalue weighted by molar-refractivity contribution is -0.425. The van der Waals surface area contributed by atoms with Crippen LogP contribution in [0.1, 0.15) is 0 Å². The molecule has 0 N–H and O–H groups in total. The summed E-state index contributed by atoms with van der Waals surface area (Å²) in [4.78, 5) is 7.89. The van der Waals surface area contributed by atoms with Crippen molar-refractivity contribution in [2.75, 3.05) is 0 Å². The van der Waals surface area contributed by atoms with Crippen LogP contribution in [0.5, 0.6) is 0 Å². The second kappa shape index (κ2) is 5.74. The summed E-state index contributed by atoms with van der Waals surface area (Å²) in [6.45, 7) is 0. The Morgan fingerprint density at radius 2 is 1.43 bits per heavy atom. The highest BCUT2D eigenvalue weighted by atomic mass is 32.1. The standard InChI is InChI=1S/C2H2O3S2/c6-1-3-5-4-2-7/h1-2H. The van der Waals surface area contributed by atoms with E-state index >= 15 is 0 Å². The first-order valence-corrected chi connectivity index (χ1v) is 2.22. The highest BCUT2D eigenvalue weighted by molar-refractivity contribution is 7.78. The van der Waals surface area contributed by atoms with E-state index in [2.05, 4.69) is 39.2 Å². The molecule has 0 rings (SSSR count). The first-order valence-electron chi connectivity index (χ1n) is 1.28. The van der Waals surface area contributed by atoms with Crippen molar-refractivity contribution < 1.29 is 14.8 Å². The van der Waals surface area contributed by atoms with Crippen LogP contribution in [0.2, 0.25) is 0 Å². The molecule has 3 nitrogen and oxygen atoms in total. The van der Waals surface area contributed by atoms with Crippen LogP contribution >= 0.6 is 24.4 Å². The van der Waals surface area contributed by atoms with Crippen molar-refractivity contribution in [3.63, 3.8) is 0 Å². The molecule has 0 aromatic rings. The smallest absolute Gasteiger partial charge is 0.196 e. The third-order valence-corrected chi connectivity index (χ3v) is 0.314. The van der Waals surface area contributed by atoms with E-state index < -0.39 is 0 Å². The lowest BCUT2D eigenvalue weighted by atomic mass is 11.7. The summed E-state index contributed by atoms with van der Waals surface area (Å²) in [7, 11) is 0. The minimum Gasteiger partial charge on any atom is -0.295 e. The van der Waals surface area contributed by atoms with Gasteiger partial charge in [-0.25, -0.2) is 0 Å². The molecule has 5 heteroatoms. The SMILES string of the molecule is S=COOOC=S. The van der Waals surface area contributed by atoms with Gasteiger partial charge in [-0.2, -0.15) is 0 Å². The maximum absolute atomic E-state index is 4.17. The van der Waals surface area contributed by atoms with Crippen LogP contribution in [0, 0.1) is 0 Å². The van der Waals surface area contributed by atoms with E-state index in [9.17, 15) is 0 Å². The predicted octanol–water partition coefficient (Wildman–Crippen LogP) is 0.781. The maximum Gasteiger partial charge on any atom is 0.196 e. The Bertz CT molecular complexity index is 56.0. The molecule has 7 heavy (non-hydrogen) atoms. The number of rotatable bonds is 4. The van der Waals surface area contributed by atoms with Gasteiger partial charge in [0.15, 0.2) is 11.1 Å². The first kappa shape index (κ1) is 6.74. The lowest BCUT2D eigenvalue weighted by Crippen LogP contribution is -1.88. The minimum absolute atomic E-state index is 0.902. The van der Waals surface area contributed by atoms with Crippen molar-refractivity contribution in [3.05, 3.63) is 0 Å². The Morgan fingerprint density at radius 1 is 1.00 bits per heavy atom. The van der Waals surface area contributed by atoms with Gasteiger partial charge in [-0.15, -0.1) is 0 Å². The molecule has 0 saturated carbocycles. The van der Waals surface area contributed by atoms with Crippen molar-refractivity contribution >= 4 is 35.5 Å². The van der Waals surface area contributed by atoms with Gasteiger partial charge in [0.25, 0.3) is 0 Å². The van der Waals surface area contributed by atoms with Gasteiger partial charge in [0, 0.05) is 5.04 Å². The van der Waals surface area contributed by atoms with Crippen LogP contribution in [0.25, 0.3) is 0 Å². The van der Waals surface area contributed by atoms with Crippen LogP contribution < -0.4 is 0 Å². The van der Waals surface area contributed by atoms with Gasteiger partial charge in [-0.1, -0.05) is 0 Å². The third kappa shape index (κ3) is 5.74. The monoisotopic (exact) mass is 138 g/mol. The molecule has 0 fully saturated rings. The molecule has 0 atom stereocenters. The fourth-order valence-electron chi connectivity index (χ4n) is 0.0548. The second-order valence-corrected chi connectivity index (χ2v) is 0.838. The molecule has 0 unspecified atom stereocenters. The van der Waals surface area contributed by atoms with E-state index in [1.165, 1.54) is 0 Å². The highest BCUT2D eigenvalue weighted by Gasteiger charge is 1.72. The predicted molar refractivity (Wildman–Crippen MR) is 30.6 cm³/mol. The van der Waals surface area contributed by atoms with Gasteiger partial charge >= 0.3 is 0 Å². The van der Waals surface area contributed by atoms with E-state index in [0.717, 1.165) is 11.1 Å². The Balaban J connectivity index is 2.68. The van der Waals surface area contributed by atoms with Crippen molar-refractivity contribution in [3.8, 4) is 0 Å². The van der Waals surface area contributed by atoms with Crippen LogP contribution in [0.3, 0.4) is 0 Å². The van der Waals surface area contributed by atoms with Gasteiger partial charge in [0.05, 0.1) is 0 Å². The van der Waals surface area contributed by atoms with Crippen LogP contribution in [0.4, 0.5) is 0 Å². The number of hydrogen-bond donors (Lipinski definition) is 0. The fourth-order valence-corrected chi connectivity index (χ4v) is 0.119. The van der Waals surface area contributed by atoms with E-state index in [0.29, 0.717) is 0 Å². The van der Waals surface area contributed by atoms with Crippen LogP contribution in [-0.4, -0.2) is 11.1 Å². The summed E-state index contributed by atoms with van der Waals surface area (Å²) in [5.74, 6) is 0. The molecule has 0 heterocycles. The summed E-state index contributed by atoms with van der Waals surface area (Å²) in [6, 6.07) is 0. The van der Waals surface area contributed by atoms with Gasteiger partial charge in [-0.3, -0.25) is 9.78 Å². The number of hydrogen-bond acceptors (Lipinski definition) is 5.